The number of phenolic OH excluding ortho intramolecular Hbond substituents is 1. The van der Waals surface area contributed by atoms with Crippen LogP contribution < -0.4 is 5.32 Å². The number of nitrogens with one attached hydrogen (secondary N) is 1. The molecule has 0 atom stereocenters. The lowest BCUT2D eigenvalue weighted by molar-refractivity contribution is -0.120. The summed E-state index contributed by atoms with van der Waals surface area (Å²) in [5.41, 5.74) is 0.685. The van der Waals surface area contributed by atoms with Gasteiger partial charge in [0.2, 0.25) is 5.91 Å². The van der Waals surface area contributed by atoms with Crippen LogP contribution in [0.3, 0.4) is 0 Å². The third kappa shape index (κ3) is 4.75. The molecule has 0 saturated carbocycles. The maximum atomic E-state index is 11.6. The smallest absolute Gasteiger partial charge is 0.224 e. The minimum absolute atomic E-state index is 0.0755. The van der Waals surface area contributed by atoms with Crippen LogP contribution >= 0.6 is 23.2 Å². The number of carbonyl (C=O) groups is 1. The van der Waals surface area contributed by atoms with Gasteiger partial charge in [0.1, 0.15) is 0 Å². The van der Waals surface area contributed by atoms with Crippen molar-refractivity contribution in [2.24, 2.45) is 5.92 Å². The van der Waals surface area contributed by atoms with Gasteiger partial charge in [0.15, 0.2) is 5.75 Å². The average Bonchev–Trinajstić information content (AvgIpc) is 2.25. The number of rotatable bonds is 5. The van der Waals surface area contributed by atoms with Crippen molar-refractivity contribution in [1.29, 1.82) is 0 Å². The van der Waals surface area contributed by atoms with Crippen LogP contribution in [0, 0.1) is 5.92 Å². The molecular weight excluding hydrogens is 273 g/mol. The number of carbonyl (C=O) groups excluding carboxylic acids is 1. The van der Waals surface area contributed by atoms with Crippen molar-refractivity contribution in [2.75, 3.05) is 6.54 Å². The SMILES string of the molecule is CC(C)CCNC(=O)Cc1cc(Cl)c(O)c(Cl)c1. The number of amides is 1. The topological polar surface area (TPSA) is 49.3 Å². The molecule has 1 aromatic rings. The molecule has 100 valence electrons. The molecule has 0 radical (unpaired) electrons. The third-order valence-corrected chi connectivity index (χ3v) is 3.06. The Balaban J connectivity index is 2.54. The molecule has 2 N–H and O–H groups in total. The van der Waals surface area contributed by atoms with E-state index < -0.39 is 0 Å². The molecule has 1 amide bonds. The molecule has 0 fully saturated rings. The molecular formula is C13H17Cl2NO2. The zero-order chi connectivity index (χ0) is 13.7. The van der Waals surface area contributed by atoms with Crippen LogP contribution in [0.2, 0.25) is 10.0 Å². The zero-order valence-electron chi connectivity index (χ0n) is 10.5. The molecule has 18 heavy (non-hydrogen) atoms. The maximum absolute atomic E-state index is 11.6. The van der Waals surface area contributed by atoms with Gasteiger partial charge in [-0.3, -0.25) is 4.79 Å². The van der Waals surface area contributed by atoms with Gasteiger partial charge in [-0.05, 0) is 30.0 Å². The second kappa shape index (κ2) is 6.86. The van der Waals surface area contributed by atoms with Crippen molar-refractivity contribution >= 4 is 29.1 Å². The monoisotopic (exact) mass is 289 g/mol. The summed E-state index contributed by atoms with van der Waals surface area (Å²) in [6.45, 7) is 4.87. The van der Waals surface area contributed by atoms with E-state index in [1.807, 2.05) is 0 Å². The highest BCUT2D eigenvalue weighted by Crippen LogP contribution is 2.32. The molecule has 3 nitrogen and oxygen atoms in total. The summed E-state index contributed by atoms with van der Waals surface area (Å²) < 4.78 is 0. The number of hydrogen-bond donors (Lipinski definition) is 2. The average molecular weight is 290 g/mol. The van der Waals surface area contributed by atoms with Gasteiger partial charge >= 0.3 is 0 Å². The van der Waals surface area contributed by atoms with E-state index in [1.165, 1.54) is 0 Å². The van der Waals surface area contributed by atoms with Gasteiger partial charge in [0, 0.05) is 6.54 Å². The molecule has 0 aliphatic carbocycles. The highest BCUT2D eigenvalue weighted by molar-refractivity contribution is 6.37. The summed E-state index contributed by atoms with van der Waals surface area (Å²) >= 11 is 11.6. The Kier molecular flexibility index (Phi) is 5.76. The van der Waals surface area contributed by atoms with Crippen LogP contribution in [0.4, 0.5) is 0 Å². The van der Waals surface area contributed by atoms with Crippen LogP contribution in [0.15, 0.2) is 12.1 Å². The standard InChI is InChI=1S/C13H17Cl2NO2/c1-8(2)3-4-16-12(17)7-9-5-10(14)13(18)11(15)6-9/h5-6,8,18H,3-4,7H2,1-2H3,(H,16,17). The minimum Gasteiger partial charge on any atom is -0.505 e. The van der Waals surface area contributed by atoms with Crippen molar-refractivity contribution in [3.63, 3.8) is 0 Å². The Labute approximate surface area is 117 Å². The first kappa shape index (κ1) is 15.1. The number of halogens is 2. The van der Waals surface area contributed by atoms with E-state index in [-0.39, 0.29) is 28.1 Å². The Bertz CT molecular complexity index is 410. The molecule has 0 spiro atoms. The predicted molar refractivity (Wildman–Crippen MR) is 74.3 cm³/mol. The summed E-state index contributed by atoms with van der Waals surface area (Å²) in [7, 11) is 0. The van der Waals surface area contributed by atoms with Gasteiger partial charge in [-0.15, -0.1) is 0 Å². The predicted octanol–water partition coefficient (Wildman–Crippen LogP) is 3.40. The molecule has 0 aromatic heterocycles. The number of hydrogen-bond acceptors (Lipinski definition) is 2. The van der Waals surface area contributed by atoms with E-state index in [0.717, 1.165) is 6.42 Å². The molecule has 1 aromatic carbocycles. The Hall–Kier alpha value is -0.930. The third-order valence-electron chi connectivity index (χ3n) is 2.49. The largest absolute Gasteiger partial charge is 0.505 e. The van der Waals surface area contributed by atoms with E-state index in [0.29, 0.717) is 18.0 Å². The fourth-order valence-corrected chi connectivity index (χ4v) is 2.00. The van der Waals surface area contributed by atoms with Gasteiger partial charge in [0.25, 0.3) is 0 Å². The molecule has 5 heteroatoms. The first-order valence-electron chi connectivity index (χ1n) is 5.83. The maximum Gasteiger partial charge on any atom is 0.224 e. The summed E-state index contributed by atoms with van der Waals surface area (Å²) in [5, 5.41) is 12.6. The van der Waals surface area contributed by atoms with Crippen LogP contribution in [-0.2, 0) is 11.2 Å². The van der Waals surface area contributed by atoms with Crippen LogP contribution in [0.1, 0.15) is 25.8 Å². The number of aromatic hydroxyl groups is 1. The van der Waals surface area contributed by atoms with E-state index in [9.17, 15) is 9.90 Å². The van der Waals surface area contributed by atoms with Gasteiger partial charge in [-0.2, -0.15) is 0 Å². The van der Waals surface area contributed by atoms with E-state index in [2.05, 4.69) is 19.2 Å². The van der Waals surface area contributed by atoms with E-state index >= 15 is 0 Å². The van der Waals surface area contributed by atoms with Gasteiger partial charge in [0.05, 0.1) is 16.5 Å². The lowest BCUT2D eigenvalue weighted by atomic mass is 10.1. The van der Waals surface area contributed by atoms with Crippen LogP contribution in [0.5, 0.6) is 5.75 Å². The quantitative estimate of drug-likeness (QED) is 0.873. The fraction of sp³-hybridized carbons (Fsp3) is 0.462. The van der Waals surface area contributed by atoms with Crippen LogP contribution in [-0.4, -0.2) is 17.6 Å². The molecule has 0 aliphatic heterocycles. The first-order chi connectivity index (χ1) is 8.40. The lowest BCUT2D eigenvalue weighted by Gasteiger charge is -2.08. The summed E-state index contributed by atoms with van der Waals surface area (Å²) in [6.07, 6.45) is 1.15. The van der Waals surface area contributed by atoms with Crippen molar-refractivity contribution in [2.45, 2.75) is 26.7 Å². The van der Waals surface area contributed by atoms with Crippen molar-refractivity contribution < 1.29 is 9.90 Å². The summed E-state index contributed by atoms with van der Waals surface area (Å²) in [4.78, 5) is 11.6. The molecule has 1 rings (SSSR count). The number of benzene rings is 1. The van der Waals surface area contributed by atoms with Crippen molar-refractivity contribution in [1.82, 2.24) is 5.32 Å². The summed E-state index contributed by atoms with van der Waals surface area (Å²) in [5.74, 6) is 0.332. The second-order valence-electron chi connectivity index (χ2n) is 4.62. The molecule has 0 saturated heterocycles. The molecule has 0 unspecified atom stereocenters. The first-order valence-corrected chi connectivity index (χ1v) is 6.59. The van der Waals surface area contributed by atoms with Crippen molar-refractivity contribution in [3.05, 3.63) is 27.7 Å². The van der Waals surface area contributed by atoms with Gasteiger partial charge in [-0.1, -0.05) is 37.0 Å². The minimum atomic E-state index is -0.151. The zero-order valence-corrected chi connectivity index (χ0v) is 12.0. The van der Waals surface area contributed by atoms with Crippen molar-refractivity contribution in [3.8, 4) is 5.75 Å². The Morgan fingerprint density at radius 1 is 1.33 bits per heavy atom. The fourth-order valence-electron chi connectivity index (χ4n) is 1.47. The normalized spacial score (nSPS) is 10.7. The highest BCUT2D eigenvalue weighted by atomic mass is 35.5. The lowest BCUT2D eigenvalue weighted by Crippen LogP contribution is -2.26. The summed E-state index contributed by atoms with van der Waals surface area (Å²) in [6, 6.07) is 3.09. The number of phenols is 1. The molecule has 0 aliphatic rings. The second-order valence-corrected chi connectivity index (χ2v) is 5.43. The van der Waals surface area contributed by atoms with E-state index in [4.69, 9.17) is 23.2 Å². The highest BCUT2D eigenvalue weighted by Gasteiger charge is 2.09. The Morgan fingerprint density at radius 2 is 1.89 bits per heavy atom. The van der Waals surface area contributed by atoms with E-state index in [1.54, 1.807) is 12.1 Å². The molecule has 0 heterocycles. The Morgan fingerprint density at radius 3 is 2.39 bits per heavy atom. The van der Waals surface area contributed by atoms with Crippen LogP contribution in [0.25, 0.3) is 0 Å². The molecule has 0 bridgehead atoms. The van der Waals surface area contributed by atoms with Gasteiger partial charge in [-0.25, -0.2) is 0 Å². The van der Waals surface area contributed by atoms with Gasteiger partial charge < -0.3 is 10.4 Å².